The van der Waals surface area contributed by atoms with E-state index in [4.69, 9.17) is 15.5 Å². The molecule has 3 aliphatic rings. The predicted octanol–water partition coefficient (Wildman–Crippen LogP) is 5.75. The zero-order valence-corrected chi connectivity index (χ0v) is 25.2. The molecule has 3 fully saturated rings. The van der Waals surface area contributed by atoms with Crippen LogP contribution in [0.3, 0.4) is 0 Å². The fourth-order valence-electron chi connectivity index (χ4n) is 7.37. The number of imidazole rings is 2. The second-order valence-electron chi connectivity index (χ2n) is 12.7. The Hall–Kier alpha value is -4.12. The van der Waals surface area contributed by atoms with Crippen LogP contribution < -0.4 is 11.1 Å². The molecule has 0 unspecified atom stereocenters. The molecule has 3 saturated heterocycles. The number of aromatic nitrogens is 4. The molecule has 5 N–H and O–H groups in total. The van der Waals surface area contributed by atoms with Crippen molar-refractivity contribution < 1.29 is 13.9 Å². The molecule has 0 bridgehead atoms. The normalized spacial score (nSPS) is 21.7. The summed E-state index contributed by atoms with van der Waals surface area (Å²) in [6, 6.07) is 15.2. The SMILES string of the molecule is N[C@H](C(=O)N1CCC[C@H]1c1nc2cc(F)c(-c3ccc4cc(-c5cnc([C@@H]6CCCN6)[nH]5)ccc4c3)cc2[nH]1)C1CCOCC1. The van der Waals surface area contributed by atoms with E-state index >= 15 is 4.39 Å². The number of hydrogen-bond acceptors (Lipinski definition) is 6. The van der Waals surface area contributed by atoms with Crippen molar-refractivity contribution in [2.75, 3.05) is 26.3 Å². The average Bonchev–Trinajstić information content (AvgIpc) is 3.89. The Morgan fingerprint density at radius 1 is 0.956 bits per heavy atom. The second-order valence-corrected chi connectivity index (χ2v) is 12.7. The summed E-state index contributed by atoms with van der Waals surface area (Å²) in [5.74, 6) is 1.43. The number of nitrogens with one attached hydrogen (secondary N) is 3. The standard InChI is InChI=1S/C35H38FN7O2/c36-26-18-29-28(40-34(41-29)31-4-2-12-43(31)35(44)32(37)20-9-13-45-14-10-20)17-25(26)23-7-5-22-16-24(8-6-21(22)15-23)30-19-39-33(42-30)27-3-1-11-38-27/h5-8,15-20,27,31-32,38H,1-4,9-14,37H2,(H,39,42)(H,40,41)/t27-,31-,32-/m0/s1. The lowest BCUT2D eigenvalue weighted by molar-refractivity contribution is -0.135. The number of aromatic amines is 2. The molecule has 3 aliphatic heterocycles. The summed E-state index contributed by atoms with van der Waals surface area (Å²) in [5, 5.41) is 5.59. The van der Waals surface area contributed by atoms with E-state index in [1.54, 1.807) is 0 Å². The van der Waals surface area contributed by atoms with Crippen LogP contribution in [0.1, 0.15) is 62.3 Å². The number of likely N-dealkylation sites (tertiary alicyclic amines) is 1. The van der Waals surface area contributed by atoms with Crippen molar-refractivity contribution in [1.82, 2.24) is 30.2 Å². The van der Waals surface area contributed by atoms with Crippen LogP contribution in [0, 0.1) is 11.7 Å². The monoisotopic (exact) mass is 607 g/mol. The Bertz CT molecular complexity index is 1870. The van der Waals surface area contributed by atoms with E-state index < -0.39 is 6.04 Å². The molecule has 9 nitrogen and oxygen atoms in total. The van der Waals surface area contributed by atoms with Crippen LogP contribution in [0.25, 0.3) is 44.2 Å². The highest BCUT2D eigenvalue weighted by Gasteiger charge is 2.37. The molecule has 10 heteroatoms. The maximum Gasteiger partial charge on any atom is 0.240 e. The van der Waals surface area contributed by atoms with Crippen molar-refractivity contribution in [2.45, 2.75) is 56.7 Å². The van der Waals surface area contributed by atoms with Gasteiger partial charge in [0.25, 0.3) is 0 Å². The molecule has 5 heterocycles. The number of carbonyl (C=O) groups is 1. The molecular weight excluding hydrogens is 569 g/mol. The Balaban J connectivity index is 1.04. The minimum Gasteiger partial charge on any atom is -0.381 e. The number of halogens is 1. The molecule has 8 rings (SSSR count). The fourth-order valence-corrected chi connectivity index (χ4v) is 7.37. The van der Waals surface area contributed by atoms with E-state index in [0.717, 1.165) is 77.6 Å². The summed E-state index contributed by atoms with van der Waals surface area (Å²) in [7, 11) is 0. The number of nitrogens with zero attached hydrogens (tertiary/aromatic N) is 3. The summed E-state index contributed by atoms with van der Waals surface area (Å²) >= 11 is 0. The number of H-pyrrole nitrogens is 2. The maximum absolute atomic E-state index is 15.6. The molecule has 3 aromatic carbocycles. The fraction of sp³-hybridized carbons (Fsp3) is 0.400. The van der Waals surface area contributed by atoms with Crippen molar-refractivity contribution in [3.8, 4) is 22.4 Å². The van der Waals surface area contributed by atoms with Crippen LogP contribution in [-0.2, 0) is 9.53 Å². The molecule has 0 radical (unpaired) electrons. The minimum atomic E-state index is -0.543. The average molecular weight is 608 g/mol. The van der Waals surface area contributed by atoms with Gasteiger partial charge in [0.05, 0.1) is 41.0 Å². The predicted molar refractivity (Wildman–Crippen MR) is 172 cm³/mol. The maximum atomic E-state index is 15.6. The summed E-state index contributed by atoms with van der Waals surface area (Å²) in [6.07, 6.45) is 7.45. The minimum absolute atomic E-state index is 0.0326. The molecule has 2 aromatic heterocycles. The van der Waals surface area contributed by atoms with Gasteiger partial charge in [0.1, 0.15) is 17.5 Å². The molecule has 3 atom stereocenters. The number of hydrogen-bond donors (Lipinski definition) is 4. The zero-order valence-electron chi connectivity index (χ0n) is 25.2. The first-order valence-electron chi connectivity index (χ1n) is 16.2. The summed E-state index contributed by atoms with van der Waals surface area (Å²) in [6.45, 7) is 2.97. The smallest absolute Gasteiger partial charge is 0.240 e. The topological polar surface area (TPSA) is 125 Å². The van der Waals surface area contributed by atoms with E-state index in [1.165, 1.54) is 12.5 Å². The van der Waals surface area contributed by atoms with Gasteiger partial charge < -0.3 is 30.7 Å². The Morgan fingerprint density at radius 3 is 2.56 bits per heavy atom. The van der Waals surface area contributed by atoms with E-state index in [0.29, 0.717) is 42.7 Å². The lowest BCUT2D eigenvalue weighted by Gasteiger charge is -2.32. The third kappa shape index (κ3) is 5.30. The van der Waals surface area contributed by atoms with Gasteiger partial charge >= 0.3 is 0 Å². The number of fused-ring (bicyclic) bond motifs is 2. The van der Waals surface area contributed by atoms with Gasteiger partial charge in [0.2, 0.25) is 5.91 Å². The highest BCUT2D eigenvalue weighted by Crippen LogP contribution is 2.36. The Morgan fingerprint density at radius 2 is 1.76 bits per heavy atom. The van der Waals surface area contributed by atoms with E-state index in [2.05, 4.69) is 38.5 Å². The molecule has 232 valence electrons. The van der Waals surface area contributed by atoms with Gasteiger partial charge in [-0.25, -0.2) is 14.4 Å². The van der Waals surface area contributed by atoms with E-state index in [9.17, 15) is 4.79 Å². The van der Waals surface area contributed by atoms with Gasteiger partial charge in [-0.15, -0.1) is 0 Å². The van der Waals surface area contributed by atoms with Crippen molar-refractivity contribution in [3.05, 3.63) is 72.2 Å². The van der Waals surface area contributed by atoms with Gasteiger partial charge in [-0.3, -0.25) is 4.79 Å². The van der Waals surface area contributed by atoms with Gasteiger partial charge in [-0.2, -0.15) is 0 Å². The summed E-state index contributed by atoms with van der Waals surface area (Å²) in [4.78, 5) is 31.6. The number of ether oxygens (including phenoxy) is 1. The summed E-state index contributed by atoms with van der Waals surface area (Å²) < 4.78 is 21.0. The van der Waals surface area contributed by atoms with Crippen LogP contribution in [-0.4, -0.2) is 63.1 Å². The van der Waals surface area contributed by atoms with Crippen molar-refractivity contribution in [3.63, 3.8) is 0 Å². The number of carbonyl (C=O) groups excluding carboxylic acids is 1. The molecule has 0 spiro atoms. The van der Waals surface area contributed by atoms with Gasteiger partial charge in [-0.05, 0) is 85.5 Å². The molecule has 5 aromatic rings. The number of rotatable bonds is 6. The van der Waals surface area contributed by atoms with E-state index in [-0.39, 0.29) is 23.7 Å². The lowest BCUT2D eigenvalue weighted by Crippen LogP contribution is -2.48. The van der Waals surface area contributed by atoms with Gasteiger partial charge in [-0.1, -0.05) is 24.3 Å². The Labute approximate surface area is 260 Å². The highest BCUT2D eigenvalue weighted by molar-refractivity contribution is 5.92. The van der Waals surface area contributed by atoms with Gasteiger partial charge in [0, 0.05) is 37.0 Å². The molecule has 0 saturated carbocycles. The largest absolute Gasteiger partial charge is 0.381 e. The second kappa shape index (κ2) is 11.7. The molecule has 0 aliphatic carbocycles. The van der Waals surface area contributed by atoms with Crippen molar-refractivity contribution in [2.24, 2.45) is 11.7 Å². The molecular formula is C35H38FN7O2. The number of benzene rings is 3. The lowest BCUT2D eigenvalue weighted by atomic mass is 9.91. The van der Waals surface area contributed by atoms with E-state index in [1.807, 2.05) is 35.4 Å². The number of nitrogens with two attached hydrogens (primary N) is 1. The molecule has 45 heavy (non-hydrogen) atoms. The highest BCUT2D eigenvalue weighted by atomic mass is 19.1. The van der Waals surface area contributed by atoms with Crippen LogP contribution in [0.5, 0.6) is 0 Å². The molecule has 1 amide bonds. The van der Waals surface area contributed by atoms with Crippen LogP contribution in [0.15, 0.2) is 54.7 Å². The zero-order chi connectivity index (χ0) is 30.5. The van der Waals surface area contributed by atoms with Gasteiger partial charge in [0.15, 0.2) is 0 Å². The first kappa shape index (κ1) is 28.4. The van der Waals surface area contributed by atoms with Crippen LogP contribution >= 0.6 is 0 Å². The number of amides is 1. The van der Waals surface area contributed by atoms with Crippen LogP contribution in [0.2, 0.25) is 0 Å². The van der Waals surface area contributed by atoms with Crippen molar-refractivity contribution in [1.29, 1.82) is 0 Å². The third-order valence-corrected chi connectivity index (χ3v) is 9.95. The third-order valence-electron chi connectivity index (χ3n) is 9.95. The quantitative estimate of drug-likeness (QED) is 0.195. The first-order chi connectivity index (χ1) is 22.0. The summed E-state index contributed by atoms with van der Waals surface area (Å²) in [5.41, 5.74) is 11.1. The first-order valence-corrected chi connectivity index (χ1v) is 16.2. The Kier molecular flexibility index (Phi) is 7.35. The van der Waals surface area contributed by atoms with Crippen molar-refractivity contribution >= 4 is 27.7 Å². The van der Waals surface area contributed by atoms with Crippen LogP contribution in [0.4, 0.5) is 4.39 Å².